The summed E-state index contributed by atoms with van der Waals surface area (Å²) in [6.45, 7) is 4.31. The summed E-state index contributed by atoms with van der Waals surface area (Å²) >= 11 is 0.983. The lowest BCUT2D eigenvalue weighted by Gasteiger charge is -2.43. The number of carbonyl (C=O) groups is 4. The Morgan fingerprint density at radius 1 is 0.810 bits per heavy atom. The zero-order valence-electron chi connectivity index (χ0n) is 23.2. The molecule has 0 radical (unpaired) electrons. The lowest BCUT2D eigenvalue weighted by molar-refractivity contribution is -0.237. The average molecular weight is 600 g/mol. The average Bonchev–Trinajstić information content (AvgIpc) is 3.34. The van der Waals surface area contributed by atoms with Crippen molar-refractivity contribution in [1.82, 2.24) is 14.8 Å². The van der Waals surface area contributed by atoms with Gasteiger partial charge >= 0.3 is 23.9 Å². The Kier molecular flexibility index (Phi) is 9.80. The van der Waals surface area contributed by atoms with Gasteiger partial charge in [-0.25, -0.2) is 0 Å². The Morgan fingerprint density at radius 2 is 1.40 bits per heavy atom. The van der Waals surface area contributed by atoms with Crippen molar-refractivity contribution in [2.24, 2.45) is 0 Å². The largest absolute Gasteiger partial charge is 0.507 e. The lowest BCUT2D eigenvalue weighted by atomic mass is 9.99. The number of aromatic nitrogens is 3. The molecule has 0 saturated carbocycles. The molecule has 1 saturated heterocycles. The third-order valence-corrected chi connectivity index (χ3v) is 7.05. The number of para-hydroxylation sites is 2. The second-order valence-corrected chi connectivity index (χ2v) is 10.2. The van der Waals surface area contributed by atoms with E-state index in [0.29, 0.717) is 17.1 Å². The number of phenolic OH excluding ortho intramolecular Hbond substituents is 1. The van der Waals surface area contributed by atoms with Crippen LogP contribution in [0.4, 0.5) is 0 Å². The van der Waals surface area contributed by atoms with Crippen molar-refractivity contribution < 1.29 is 48.0 Å². The molecule has 1 aromatic heterocycles. The number of nitrogens with zero attached hydrogens (tertiary/aromatic N) is 3. The molecule has 1 fully saturated rings. The van der Waals surface area contributed by atoms with Crippen LogP contribution in [0.25, 0.3) is 17.1 Å². The number of thioether (sulfide) groups is 1. The molecule has 0 bridgehead atoms. The molecule has 1 N–H and O–H groups in total. The minimum absolute atomic E-state index is 0.0223. The molecule has 13 nitrogen and oxygen atoms in total. The van der Waals surface area contributed by atoms with E-state index in [-0.39, 0.29) is 17.5 Å². The standard InChI is InChI=1S/C28H29N3O10S/c1-15(32)37-14-22-23(38-16(2)33)24(39-17(3)34)25(40-18(4)35)27(41-22)42-28-30-29-26(20-12-8-9-13-21(20)36)31(28)19-10-6-5-7-11-19/h5-13,22-25,27,36H,14H2,1-4H3/t22-,23+,24+,25-,27+/m1/s1. The predicted molar refractivity (Wildman–Crippen MR) is 146 cm³/mol. The molecule has 4 rings (SSSR count). The van der Waals surface area contributed by atoms with E-state index >= 15 is 0 Å². The van der Waals surface area contributed by atoms with Crippen LogP contribution in [-0.2, 0) is 42.9 Å². The molecular formula is C28H29N3O10S. The molecule has 14 heteroatoms. The number of phenols is 1. The minimum atomic E-state index is -1.33. The normalized spacial score (nSPS) is 21.7. The molecule has 1 aliphatic rings. The highest BCUT2D eigenvalue weighted by Gasteiger charge is 2.53. The van der Waals surface area contributed by atoms with Crippen molar-refractivity contribution in [2.45, 2.75) is 62.7 Å². The van der Waals surface area contributed by atoms with Gasteiger partial charge in [-0.3, -0.25) is 23.7 Å². The number of rotatable bonds is 9. The van der Waals surface area contributed by atoms with Gasteiger partial charge in [0.1, 0.15) is 18.5 Å². The number of ether oxygens (including phenoxy) is 5. The minimum Gasteiger partial charge on any atom is -0.507 e. The molecule has 0 amide bonds. The summed E-state index contributed by atoms with van der Waals surface area (Å²) in [4.78, 5) is 48.0. The zero-order chi connectivity index (χ0) is 30.4. The zero-order valence-corrected chi connectivity index (χ0v) is 24.0. The number of esters is 4. The molecule has 5 atom stereocenters. The van der Waals surface area contributed by atoms with Gasteiger partial charge in [0.2, 0.25) is 0 Å². The first kappa shape index (κ1) is 30.5. The first-order valence-corrected chi connectivity index (χ1v) is 13.7. The number of aromatic hydroxyl groups is 1. The van der Waals surface area contributed by atoms with Gasteiger partial charge in [-0.2, -0.15) is 0 Å². The van der Waals surface area contributed by atoms with E-state index in [2.05, 4.69) is 10.2 Å². The van der Waals surface area contributed by atoms with Crippen LogP contribution in [0.2, 0.25) is 0 Å². The maximum Gasteiger partial charge on any atom is 0.303 e. The number of hydrogen-bond acceptors (Lipinski definition) is 13. The quantitative estimate of drug-likeness (QED) is 0.282. The van der Waals surface area contributed by atoms with Crippen molar-refractivity contribution >= 4 is 35.6 Å². The Bertz CT molecular complexity index is 1450. The Balaban J connectivity index is 1.81. The van der Waals surface area contributed by atoms with Gasteiger partial charge in [0.15, 0.2) is 34.7 Å². The molecule has 42 heavy (non-hydrogen) atoms. The molecule has 0 aliphatic carbocycles. The molecule has 2 heterocycles. The fourth-order valence-corrected chi connectivity index (χ4v) is 5.52. The monoisotopic (exact) mass is 599 g/mol. The van der Waals surface area contributed by atoms with Gasteiger partial charge in [-0.05, 0) is 36.0 Å². The van der Waals surface area contributed by atoms with Crippen molar-refractivity contribution in [3.8, 4) is 22.8 Å². The van der Waals surface area contributed by atoms with Crippen LogP contribution in [0.1, 0.15) is 27.7 Å². The van der Waals surface area contributed by atoms with E-state index in [9.17, 15) is 24.3 Å². The maximum atomic E-state index is 12.2. The lowest BCUT2D eigenvalue weighted by Crippen LogP contribution is -2.61. The topological polar surface area (TPSA) is 165 Å². The Morgan fingerprint density at radius 3 is 2.02 bits per heavy atom. The van der Waals surface area contributed by atoms with Crippen LogP contribution in [0.5, 0.6) is 5.75 Å². The van der Waals surface area contributed by atoms with Crippen LogP contribution in [0.15, 0.2) is 59.8 Å². The second-order valence-electron chi connectivity index (χ2n) is 9.18. The molecule has 0 unspecified atom stereocenters. The third kappa shape index (κ3) is 7.25. The fraction of sp³-hybridized carbons (Fsp3) is 0.357. The molecule has 0 spiro atoms. The first-order valence-electron chi connectivity index (χ1n) is 12.8. The Hall–Kier alpha value is -4.43. The van der Waals surface area contributed by atoms with Crippen molar-refractivity contribution in [3.05, 3.63) is 54.6 Å². The highest BCUT2D eigenvalue weighted by atomic mass is 32.2. The van der Waals surface area contributed by atoms with E-state index in [4.69, 9.17) is 23.7 Å². The predicted octanol–water partition coefficient (Wildman–Crippen LogP) is 2.82. The van der Waals surface area contributed by atoms with Gasteiger partial charge < -0.3 is 28.8 Å². The number of benzene rings is 2. The van der Waals surface area contributed by atoms with Crippen LogP contribution in [0.3, 0.4) is 0 Å². The molecule has 2 aromatic carbocycles. The second kappa shape index (κ2) is 13.5. The van der Waals surface area contributed by atoms with Crippen LogP contribution >= 0.6 is 11.8 Å². The van der Waals surface area contributed by atoms with E-state index < -0.39 is 53.7 Å². The summed E-state index contributed by atoms with van der Waals surface area (Å²) in [7, 11) is 0. The highest BCUT2D eigenvalue weighted by molar-refractivity contribution is 7.99. The van der Waals surface area contributed by atoms with Gasteiger partial charge in [0, 0.05) is 33.4 Å². The van der Waals surface area contributed by atoms with Crippen LogP contribution in [-0.4, -0.2) is 80.2 Å². The third-order valence-electron chi connectivity index (χ3n) is 5.96. The van der Waals surface area contributed by atoms with E-state index in [1.54, 1.807) is 22.8 Å². The first-order chi connectivity index (χ1) is 20.0. The van der Waals surface area contributed by atoms with Crippen molar-refractivity contribution in [2.75, 3.05) is 6.61 Å². The SMILES string of the molecule is CC(=O)OC[C@H]1O[C@@H](Sc2nnc(-c3ccccc3O)n2-c2ccccc2)[C@H](OC(C)=O)[C@@H](OC(C)=O)[C@H]1OC(C)=O. The summed E-state index contributed by atoms with van der Waals surface area (Å²) in [6, 6.07) is 15.7. The van der Waals surface area contributed by atoms with Crippen molar-refractivity contribution in [3.63, 3.8) is 0 Å². The summed E-state index contributed by atoms with van der Waals surface area (Å²) in [5.74, 6) is -2.51. The molecular weight excluding hydrogens is 570 g/mol. The summed E-state index contributed by atoms with van der Waals surface area (Å²) in [6.07, 6.45) is -5.01. The summed E-state index contributed by atoms with van der Waals surface area (Å²) in [5, 5.41) is 19.5. The number of carbonyl (C=O) groups excluding carboxylic acids is 4. The van der Waals surface area contributed by atoms with Gasteiger partial charge in [-0.15, -0.1) is 10.2 Å². The van der Waals surface area contributed by atoms with Gasteiger partial charge in [-0.1, -0.05) is 30.3 Å². The summed E-state index contributed by atoms with van der Waals surface area (Å²) in [5.41, 5.74) is -0.0642. The molecule has 3 aromatic rings. The van der Waals surface area contributed by atoms with Gasteiger partial charge in [0.25, 0.3) is 0 Å². The van der Waals surface area contributed by atoms with E-state index in [0.717, 1.165) is 25.6 Å². The van der Waals surface area contributed by atoms with Gasteiger partial charge in [0.05, 0.1) is 5.56 Å². The maximum absolute atomic E-state index is 12.2. The summed E-state index contributed by atoms with van der Waals surface area (Å²) < 4.78 is 29.6. The van der Waals surface area contributed by atoms with Crippen LogP contribution in [0, 0.1) is 0 Å². The fourth-order valence-electron chi connectivity index (χ4n) is 4.38. The van der Waals surface area contributed by atoms with Crippen molar-refractivity contribution in [1.29, 1.82) is 0 Å². The molecule has 222 valence electrons. The van der Waals surface area contributed by atoms with Crippen LogP contribution < -0.4 is 0 Å². The highest BCUT2D eigenvalue weighted by Crippen LogP contribution is 2.39. The molecule has 1 aliphatic heterocycles. The number of hydrogen-bond donors (Lipinski definition) is 1. The van der Waals surface area contributed by atoms with E-state index in [1.807, 2.05) is 30.3 Å². The van der Waals surface area contributed by atoms with E-state index in [1.165, 1.54) is 19.9 Å². The smallest absolute Gasteiger partial charge is 0.303 e. The Labute approximate surface area is 245 Å².